The van der Waals surface area contributed by atoms with Gasteiger partial charge in [-0.05, 0) is 44.7 Å². The maximum atomic E-state index is 2.71. The van der Waals surface area contributed by atoms with E-state index in [4.69, 9.17) is 0 Å². The Bertz CT molecular complexity index is 131. The Kier molecular flexibility index (Phi) is 4.79. The van der Waals surface area contributed by atoms with E-state index in [9.17, 15) is 0 Å². The molecular formula is C12H25N. The van der Waals surface area contributed by atoms with Crippen molar-refractivity contribution in [2.75, 3.05) is 13.1 Å². The molecule has 0 spiro atoms. The molecular weight excluding hydrogens is 158 g/mol. The van der Waals surface area contributed by atoms with Gasteiger partial charge in [0, 0.05) is 6.04 Å². The van der Waals surface area contributed by atoms with Crippen LogP contribution >= 0.6 is 0 Å². The molecule has 0 bridgehead atoms. The molecule has 1 aliphatic rings. The van der Waals surface area contributed by atoms with Crippen LogP contribution in [-0.4, -0.2) is 24.0 Å². The SMILES string of the molecule is CCCCN1CCC(C)CC1CC. The van der Waals surface area contributed by atoms with Gasteiger partial charge < -0.3 is 4.90 Å². The molecule has 0 aliphatic carbocycles. The zero-order valence-corrected chi connectivity index (χ0v) is 9.55. The summed E-state index contributed by atoms with van der Waals surface area (Å²) in [6.07, 6.45) is 6.90. The molecule has 1 heteroatoms. The van der Waals surface area contributed by atoms with Crippen molar-refractivity contribution in [1.82, 2.24) is 4.90 Å². The van der Waals surface area contributed by atoms with Crippen LogP contribution in [-0.2, 0) is 0 Å². The average Bonchev–Trinajstić information content (AvgIpc) is 2.16. The second kappa shape index (κ2) is 5.64. The molecule has 2 atom stereocenters. The lowest BCUT2D eigenvalue weighted by molar-refractivity contribution is 0.113. The molecule has 2 unspecified atom stereocenters. The third kappa shape index (κ3) is 3.30. The first kappa shape index (κ1) is 11.0. The first-order valence-corrected chi connectivity index (χ1v) is 6.02. The van der Waals surface area contributed by atoms with Gasteiger partial charge in [0.05, 0.1) is 0 Å². The molecule has 0 aromatic rings. The van der Waals surface area contributed by atoms with E-state index < -0.39 is 0 Å². The molecule has 0 aromatic heterocycles. The summed E-state index contributed by atoms with van der Waals surface area (Å²) in [5, 5.41) is 0. The Labute approximate surface area is 83.5 Å². The summed E-state index contributed by atoms with van der Waals surface area (Å²) in [6, 6.07) is 0.885. The predicted molar refractivity (Wildman–Crippen MR) is 59.0 cm³/mol. The highest BCUT2D eigenvalue weighted by atomic mass is 15.2. The van der Waals surface area contributed by atoms with E-state index in [-0.39, 0.29) is 0 Å². The van der Waals surface area contributed by atoms with Crippen LogP contribution in [0.2, 0.25) is 0 Å². The lowest BCUT2D eigenvalue weighted by Gasteiger charge is -2.38. The fourth-order valence-corrected chi connectivity index (χ4v) is 2.38. The van der Waals surface area contributed by atoms with E-state index in [1.54, 1.807) is 0 Å². The predicted octanol–water partition coefficient (Wildman–Crippen LogP) is 3.30. The number of hydrogen-bond acceptors (Lipinski definition) is 1. The molecule has 1 nitrogen and oxygen atoms in total. The lowest BCUT2D eigenvalue weighted by atomic mass is 9.91. The average molecular weight is 183 g/mol. The largest absolute Gasteiger partial charge is 0.300 e. The van der Waals surface area contributed by atoms with Gasteiger partial charge in [-0.15, -0.1) is 0 Å². The molecule has 0 amide bonds. The maximum Gasteiger partial charge on any atom is 0.00951 e. The smallest absolute Gasteiger partial charge is 0.00951 e. The molecule has 13 heavy (non-hydrogen) atoms. The van der Waals surface area contributed by atoms with Gasteiger partial charge in [-0.25, -0.2) is 0 Å². The zero-order valence-electron chi connectivity index (χ0n) is 9.55. The Balaban J connectivity index is 2.33. The molecule has 1 heterocycles. The fourth-order valence-electron chi connectivity index (χ4n) is 2.38. The molecule has 1 fully saturated rings. The van der Waals surface area contributed by atoms with Gasteiger partial charge in [-0.3, -0.25) is 0 Å². The minimum Gasteiger partial charge on any atom is -0.300 e. The third-order valence-corrected chi connectivity index (χ3v) is 3.37. The van der Waals surface area contributed by atoms with E-state index in [0.717, 1.165) is 12.0 Å². The van der Waals surface area contributed by atoms with Crippen LogP contribution in [0.1, 0.15) is 52.9 Å². The van der Waals surface area contributed by atoms with Crippen LogP contribution in [0.15, 0.2) is 0 Å². The highest BCUT2D eigenvalue weighted by molar-refractivity contribution is 4.78. The van der Waals surface area contributed by atoms with Crippen molar-refractivity contribution >= 4 is 0 Å². The number of likely N-dealkylation sites (tertiary alicyclic amines) is 1. The second-order valence-corrected chi connectivity index (χ2v) is 4.58. The summed E-state index contributed by atoms with van der Waals surface area (Å²) in [4.78, 5) is 2.71. The number of hydrogen-bond donors (Lipinski definition) is 0. The van der Waals surface area contributed by atoms with Crippen molar-refractivity contribution in [3.63, 3.8) is 0 Å². The van der Waals surface area contributed by atoms with Gasteiger partial charge in [0.25, 0.3) is 0 Å². The highest BCUT2D eigenvalue weighted by Gasteiger charge is 2.23. The molecule has 78 valence electrons. The van der Waals surface area contributed by atoms with Crippen LogP contribution in [0, 0.1) is 5.92 Å². The normalized spacial score (nSPS) is 30.7. The van der Waals surface area contributed by atoms with Crippen molar-refractivity contribution in [2.24, 2.45) is 5.92 Å². The molecule has 0 aromatic carbocycles. The standard InChI is InChI=1S/C12H25N/c1-4-6-8-13-9-7-11(3)10-12(13)5-2/h11-12H,4-10H2,1-3H3. The van der Waals surface area contributed by atoms with Crippen LogP contribution < -0.4 is 0 Å². The second-order valence-electron chi connectivity index (χ2n) is 4.58. The Morgan fingerprint density at radius 3 is 2.69 bits per heavy atom. The van der Waals surface area contributed by atoms with Crippen LogP contribution in [0.4, 0.5) is 0 Å². The van der Waals surface area contributed by atoms with Crippen molar-refractivity contribution < 1.29 is 0 Å². The minimum absolute atomic E-state index is 0.885. The van der Waals surface area contributed by atoms with Gasteiger partial charge in [-0.1, -0.05) is 27.2 Å². The van der Waals surface area contributed by atoms with Crippen molar-refractivity contribution in [3.8, 4) is 0 Å². The number of rotatable bonds is 4. The summed E-state index contributed by atoms with van der Waals surface area (Å²) < 4.78 is 0. The molecule has 1 aliphatic heterocycles. The van der Waals surface area contributed by atoms with E-state index >= 15 is 0 Å². The van der Waals surface area contributed by atoms with Crippen LogP contribution in [0.25, 0.3) is 0 Å². The Morgan fingerprint density at radius 2 is 2.08 bits per heavy atom. The highest BCUT2D eigenvalue weighted by Crippen LogP contribution is 2.24. The quantitative estimate of drug-likeness (QED) is 0.646. The van der Waals surface area contributed by atoms with Gasteiger partial charge in [0.2, 0.25) is 0 Å². The summed E-state index contributed by atoms with van der Waals surface area (Å²) in [7, 11) is 0. The van der Waals surface area contributed by atoms with E-state index in [1.165, 1.54) is 45.2 Å². The van der Waals surface area contributed by atoms with Gasteiger partial charge in [0.1, 0.15) is 0 Å². The van der Waals surface area contributed by atoms with Crippen molar-refractivity contribution in [3.05, 3.63) is 0 Å². The molecule has 1 rings (SSSR count). The molecule has 0 radical (unpaired) electrons. The fraction of sp³-hybridized carbons (Fsp3) is 1.00. The molecule has 0 N–H and O–H groups in total. The van der Waals surface area contributed by atoms with Crippen molar-refractivity contribution in [1.29, 1.82) is 0 Å². The van der Waals surface area contributed by atoms with Crippen LogP contribution in [0.5, 0.6) is 0 Å². The Morgan fingerprint density at radius 1 is 1.31 bits per heavy atom. The molecule has 0 saturated carbocycles. The Hall–Kier alpha value is -0.0400. The monoisotopic (exact) mass is 183 g/mol. The third-order valence-electron chi connectivity index (χ3n) is 3.37. The number of nitrogens with zero attached hydrogens (tertiary/aromatic N) is 1. The first-order valence-electron chi connectivity index (χ1n) is 6.02. The van der Waals surface area contributed by atoms with Crippen molar-refractivity contribution in [2.45, 2.75) is 58.9 Å². The van der Waals surface area contributed by atoms with Gasteiger partial charge >= 0.3 is 0 Å². The topological polar surface area (TPSA) is 3.24 Å². The lowest BCUT2D eigenvalue weighted by Crippen LogP contribution is -2.42. The van der Waals surface area contributed by atoms with Crippen LogP contribution in [0.3, 0.4) is 0 Å². The summed E-state index contributed by atoms with van der Waals surface area (Å²) in [5.74, 6) is 0.961. The van der Waals surface area contributed by atoms with Gasteiger partial charge in [0.15, 0.2) is 0 Å². The summed E-state index contributed by atoms with van der Waals surface area (Å²) >= 11 is 0. The van der Waals surface area contributed by atoms with E-state index in [1.807, 2.05) is 0 Å². The van der Waals surface area contributed by atoms with Gasteiger partial charge in [-0.2, -0.15) is 0 Å². The minimum atomic E-state index is 0.885. The van der Waals surface area contributed by atoms with E-state index in [2.05, 4.69) is 25.7 Å². The van der Waals surface area contributed by atoms with E-state index in [0.29, 0.717) is 0 Å². The summed E-state index contributed by atoms with van der Waals surface area (Å²) in [6.45, 7) is 9.70. The first-order chi connectivity index (χ1) is 6.27. The number of unbranched alkanes of at least 4 members (excludes halogenated alkanes) is 1. The maximum absolute atomic E-state index is 2.71. The zero-order chi connectivity index (χ0) is 9.68. The summed E-state index contributed by atoms with van der Waals surface area (Å²) in [5.41, 5.74) is 0. The molecule has 1 saturated heterocycles. The number of piperidine rings is 1.